The highest BCUT2D eigenvalue weighted by atomic mass is 32.1. The van der Waals surface area contributed by atoms with Crippen LogP contribution in [0.1, 0.15) is 29.2 Å². The number of rotatable bonds is 3. The van der Waals surface area contributed by atoms with Gasteiger partial charge in [0.25, 0.3) is 0 Å². The fourth-order valence-corrected chi connectivity index (χ4v) is 5.13. The molecule has 7 nitrogen and oxygen atoms in total. The molecule has 5 aromatic heterocycles. The quantitative estimate of drug-likeness (QED) is 0.406. The van der Waals surface area contributed by atoms with Crippen molar-refractivity contribution in [1.29, 1.82) is 0 Å². The van der Waals surface area contributed by atoms with E-state index in [0.29, 0.717) is 5.92 Å². The molecular formula is C22H21N7S. The molecule has 150 valence electrons. The summed E-state index contributed by atoms with van der Waals surface area (Å²) >= 11 is 1.73. The molecule has 8 heteroatoms. The van der Waals surface area contributed by atoms with Crippen LogP contribution in [-0.4, -0.2) is 43.2 Å². The second-order valence-corrected chi connectivity index (χ2v) is 9.10. The van der Waals surface area contributed by atoms with E-state index in [1.54, 1.807) is 11.3 Å². The van der Waals surface area contributed by atoms with Crippen molar-refractivity contribution in [2.24, 2.45) is 0 Å². The predicted molar refractivity (Wildman–Crippen MR) is 120 cm³/mol. The second-order valence-electron chi connectivity index (χ2n) is 7.81. The average molecular weight is 416 g/mol. The minimum absolute atomic E-state index is 0.541. The highest BCUT2D eigenvalue weighted by Crippen LogP contribution is 2.34. The number of H-pyrrole nitrogens is 2. The van der Waals surface area contributed by atoms with E-state index in [0.717, 1.165) is 70.1 Å². The van der Waals surface area contributed by atoms with E-state index < -0.39 is 0 Å². The zero-order valence-corrected chi connectivity index (χ0v) is 17.4. The topological polar surface area (TPSA) is 95.2 Å². The zero-order chi connectivity index (χ0) is 20.1. The Morgan fingerprint density at radius 2 is 1.97 bits per heavy atom. The maximum atomic E-state index is 4.90. The molecule has 0 unspecified atom stereocenters. The predicted octanol–water partition coefficient (Wildman–Crippen LogP) is 4.40. The lowest BCUT2D eigenvalue weighted by Gasteiger charge is -2.22. The summed E-state index contributed by atoms with van der Waals surface area (Å²) in [6.45, 7) is 4.22. The molecule has 30 heavy (non-hydrogen) atoms. The van der Waals surface area contributed by atoms with Gasteiger partial charge in [0.05, 0.1) is 15.8 Å². The van der Waals surface area contributed by atoms with Crippen LogP contribution in [0.3, 0.4) is 0 Å². The summed E-state index contributed by atoms with van der Waals surface area (Å²) in [6.07, 6.45) is 6.09. The van der Waals surface area contributed by atoms with Crippen molar-refractivity contribution in [3.05, 3.63) is 47.1 Å². The second kappa shape index (κ2) is 7.00. The number of fused-ring (bicyclic) bond motifs is 2. The van der Waals surface area contributed by atoms with Crippen LogP contribution in [0.25, 0.3) is 44.2 Å². The van der Waals surface area contributed by atoms with Gasteiger partial charge in [0.15, 0.2) is 11.5 Å². The Kier molecular flexibility index (Phi) is 4.14. The highest BCUT2D eigenvalue weighted by molar-refractivity contribution is 7.15. The van der Waals surface area contributed by atoms with Gasteiger partial charge < -0.3 is 10.3 Å². The van der Waals surface area contributed by atoms with Gasteiger partial charge in [-0.1, -0.05) is 0 Å². The van der Waals surface area contributed by atoms with Crippen molar-refractivity contribution in [2.45, 2.75) is 25.7 Å². The lowest BCUT2D eigenvalue weighted by atomic mass is 9.91. The molecule has 3 N–H and O–H groups in total. The minimum atomic E-state index is 0.541. The Labute approximate surface area is 177 Å². The van der Waals surface area contributed by atoms with Gasteiger partial charge in [-0.3, -0.25) is 10.1 Å². The molecule has 1 fully saturated rings. The fourth-order valence-electron chi connectivity index (χ4n) is 4.27. The molecule has 1 saturated heterocycles. The van der Waals surface area contributed by atoms with Crippen molar-refractivity contribution in [3.63, 3.8) is 0 Å². The van der Waals surface area contributed by atoms with E-state index in [9.17, 15) is 0 Å². The van der Waals surface area contributed by atoms with Crippen LogP contribution >= 0.6 is 11.3 Å². The molecule has 0 atom stereocenters. The van der Waals surface area contributed by atoms with Crippen LogP contribution in [0, 0.1) is 6.92 Å². The molecule has 1 aliphatic rings. The van der Waals surface area contributed by atoms with Crippen LogP contribution < -0.4 is 5.32 Å². The Bertz CT molecular complexity index is 1360. The molecule has 0 amide bonds. The van der Waals surface area contributed by atoms with Crippen molar-refractivity contribution >= 4 is 33.4 Å². The molecule has 5 aromatic rings. The molecule has 0 aromatic carbocycles. The summed E-state index contributed by atoms with van der Waals surface area (Å²) in [7, 11) is 0. The molecule has 0 aliphatic carbocycles. The zero-order valence-electron chi connectivity index (χ0n) is 16.6. The Hall–Kier alpha value is -3.10. The van der Waals surface area contributed by atoms with Crippen LogP contribution in [-0.2, 0) is 0 Å². The maximum Gasteiger partial charge on any atom is 0.159 e. The summed E-state index contributed by atoms with van der Waals surface area (Å²) in [5.74, 6) is 1.28. The number of nitrogens with zero attached hydrogens (tertiary/aromatic N) is 4. The Morgan fingerprint density at radius 1 is 1.07 bits per heavy atom. The van der Waals surface area contributed by atoms with Crippen molar-refractivity contribution in [2.75, 3.05) is 13.1 Å². The van der Waals surface area contributed by atoms with Crippen molar-refractivity contribution < 1.29 is 0 Å². The smallest absolute Gasteiger partial charge is 0.159 e. The van der Waals surface area contributed by atoms with Crippen LogP contribution in [0.2, 0.25) is 0 Å². The maximum absolute atomic E-state index is 4.90. The molecule has 0 bridgehead atoms. The molecule has 6 heterocycles. The molecule has 0 spiro atoms. The Balaban J connectivity index is 1.47. The van der Waals surface area contributed by atoms with E-state index in [1.807, 2.05) is 18.5 Å². The SMILES string of the molecule is Cc1ccc(-c2nccc3[nH]c(-c4n[nH]c5ncc(C6CCNCC6)cc45)nc23)s1. The van der Waals surface area contributed by atoms with Crippen LogP contribution in [0.5, 0.6) is 0 Å². The monoisotopic (exact) mass is 415 g/mol. The summed E-state index contributed by atoms with van der Waals surface area (Å²) in [5, 5.41) is 12.0. The number of nitrogens with one attached hydrogen (secondary N) is 3. The first-order valence-electron chi connectivity index (χ1n) is 10.2. The number of hydrogen-bond donors (Lipinski definition) is 3. The number of aromatic amines is 2. The van der Waals surface area contributed by atoms with E-state index in [-0.39, 0.29) is 0 Å². The van der Waals surface area contributed by atoms with E-state index in [1.165, 1.54) is 10.4 Å². The Morgan fingerprint density at radius 3 is 2.80 bits per heavy atom. The van der Waals surface area contributed by atoms with Gasteiger partial charge in [-0.2, -0.15) is 5.10 Å². The molecular weight excluding hydrogens is 394 g/mol. The van der Waals surface area contributed by atoms with Crippen molar-refractivity contribution in [3.8, 4) is 22.1 Å². The largest absolute Gasteiger partial charge is 0.336 e. The normalized spacial score (nSPS) is 15.4. The molecule has 0 radical (unpaired) electrons. The van der Waals surface area contributed by atoms with Gasteiger partial charge in [-0.15, -0.1) is 11.3 Å². The average Bonchev–Trinajstić information content (AvgIpc) is 3.51. The number of piperidine rings is 1. The number of thiophene rings is 1. The fraction of sp³-hybridized carbons (Fsp3) is 0.273. The lowest BCUT2D eigenvalue weighted by Crippen LogP contribution is -2.26. The van der Waals surface area contributed by atoms with Gasteiger partial charge in [0, 0.05) is 17.3 Å². The molecule has 6 rings (SSSR count). The minimum Gasteiger partial charge on any atom is -0.336 e. The summed E-state index contributed by atoms with van der Waals surface area (Å²) in [4.78, 5) is 20.0. The highest BCUT2D eigenvalue weighted by Gasteiger charge is 2.20. The van der Waals surface area contributed by atoms with Crippen molar-refractivity contribution in [1.82, 2.24) is 35.5 Å². The summed E-state index contributed by atoms with van der Waals surface area (Å²) < 4.78 is 0. The number of aryl methyl sites for hydroxylation is 1. The van der Waals surface area contributed by atoms with Gasteiger partial charge in [-0.25, -0.2) is 9.97 Å². The number of imidazole rings is 1. The third-order valence-electron chi connectivity index (χ3n) is 5.85. The lowest BCUT2D eigenvalue weighted by molar-refractivity contribution is 0.460. The standard InChI is InChI=1S/C22H21N7S/c1-12-2-3-17(30-12)20-19-16(6-9-24-20)26-22(27-19)18-15-10-14(11-25-21(15)29-28-18)13-4-7-23-8-5-13/h2-3,6,9-11,13,23H,4-5,7-8H2,1H3,(H,26,27)(H,25,28,29). The molecule has 1 aliphatic heterocycles. The third kappa shape index (κ3) is 2.91. The van der Waals surface area contributed by atoms with Gasteiger partial charge >= 0.3 is 0 Å². The van der Waals surface area contributed by atoms with Gasteiger partial charge in [-0.05, 0) is 68.6 Å². The number of aromatic nitrogens is 6. The van der Waals surface area contributed by atoms with Gasteiger partial charge in [0.1, 0.15) is 16.9 Å². The third-order valence-corrected chi connectivity index (χ3v) is 6.85. The summed E-state index contributed by atoms with van der Waals surface area (Å²) in [5.41, 5.74) is 5.60. The van der Waals surface area contributed by atoms with Crippen LogP contribution in [0.15, 0.2) is 36.7 Å². The first-order valence-corrected chi connectivity index (χ1v) is 11.0. The van der Waals surface area contributed by atoms with E-state index >= 15 is 0 Å². The van der Waals surface area contributed by atoms with Gasteiger partial charge in [0.2, 0.25) is 0 Å². The van der Waals surface area contributed by atoms with Crippen LogP contribution in [0.4, 0.5) is 0 Å². The first-order chi connectivity index (χ1) is 14.8. The van der Waals surface area contributed by atoms with E-state index in [4.69, 9.17) is 4.98 Å². The summed E-state index contributed by atoms with van der Waals surface area (Å²) in [6, 6.07) is 8.41. The molecule has 0 saturated carbocycles. The number of pyridine rings is 2. The first kappa shape index (κ1) is 17.7. The number of hydrogen-bond acceptors (Lipinski definition) is 6. The van der Waals surface area contributed by atoms with E-state index in [2.05, 4.69) is 55.6 Å².